The van der Waals surface area contributed by atoms with Crippen molar-refractivity contribution in [1.29, 1.82) is 0 Å². The maximum atomic E-state index is 6.54. The number of nitrogens with two attached hydrogens (primary N) is 1. The molecule has 4 aliphatic rings. The molecule has 98 valence electrons. The molecule has 0 aromatic carbocycles. The first-order valence-electron chi connectivity index (χ1n) is 7.53. The second kappa shape index (κ2) is 4.09. The molecule has 3 nitrogen and oxygen atoms in total. The van der Waals surface area contributed by atoms with Gasteiger partial charge in [-0.25, -0.2) is 0 Å². The number of hydrogen-bond acceptors (Lipinski definition) is 2. The minimum absolute atomic E-state index is 0.334. The van der Waals surface area contributed by atoms with Crippen LogP contribution < -0.4 is 5.73 Å². The molecule has 0 aliphatic heterocycles. The predicted molar refractivity (Wildman–Crippen MR) is 70.8 cm³/mol. The molecular formula is C15H23N3. The summed E-state index contributed by atoms with van der Waals surface area (Å²) < 4.78 is 0. The summed E-state index contributed by atoms with van der Waals surface area (Å²) in [5.74, 6) is 4.73. The Morgan fingerprint density at radius 2 is 1.83 bits per heavy atom. The summed E-state index contributed by atoms with van der Waals surface area (Å²) in [5, 5.41) is 7.09. The monoisotopic (exact) mass is 245 g/mol. The smallest absolute Gasteiger partial charge is 0.0490 e. The van der Waals surface area contributed by atoms with E-state index in [-0.39, 0.29) is 0 Å². The lowest BCUT2D eigenvalue weighted by Crippen LogP contribution is -2.52. The van der Waals surface area contributed by atoms with E-state index in [4.69, 9.17) is 5.73 Å². The molecule has 3 heteroatoms. The predicted octanol–water partition coefficient (Wildman–Crippen LogP) is 2.35. The van der Waals surface area contributed by atoms with Crippen molar-refractivity contribution in [3.05, 3.63) is 18.0 Å². The third kappa shape index (κ3) is 1.71. The molecule has 1 aromatic heterocycles. The minimum Gasteiger partial charge on any atom is -0.327 e. The van der Waals surface area contributed by atoms with Crippen LogP contribution in [0.5, 0.6) is 0 Å². The van der Waals surface area contributed by atoms with Crippen LogP contribution >= 0.6 is 0 Å². The summed E-state index contributed by atoms with van der Waals surface area (Å²) in [5.41, 5.74) is 7.75. The van der Waals surface area contributed by atoms with Crippen molar-refractivity contribution in [3.8, 4) is 0 Å². The van der Waals surface area contributed by atoms with Crippen molar-refractivity contribution in [2.45, 2.75) is 44.6 Å². The SMILES string of the molecule is NC(Cc1ccn[nH]1)C1C2CC3CC(C2)CC1C3. The molecule has 18 heavy (non-hydrogen) atoms. The maximum Gasteiger partial charge on any atom is 0.0490 e. The highest BCUT2D eigenvalue weighted by Gasteiger charge is 2.49. The Hall–Kier alpha value is -0.830. The van der Waals surface area contributed by atoms with Gasteiger partial charge < -0.3 is 5.73 Å². The lowest BCUT2D eigenvalue weighted by Gasteiger charge is -2.56. The Bertz CT molecular complexity index is 383. The fourth-order valence-electron chi connectivity index (χ4n) is 5.45. The van der Waals surface area contributed by atoms with Crippen LogP contribution in [0.4, 0.5) is 0 Å². The van der Waals surface area contributed by atoms with Gasteiger partial charge in [0.05, 0.1) is 0 Å². The number of aromatic amines is 1. The number of hydrogen-bond donors (Lipinski definition) is 2. The van der Waals surface area contributed by atoms with Gasteiger partial charge in [0, 0.05) is 24.4 Å². The number of nitrogens with one attached hydrogen (secondary N) is 1. The van der Waals surface area contributed by atoms with Gasteiger partial charge in [0.1, 0.15) is 0 Å². The zero-order chi connectivity index (χ0) is 12.1. The van der Waals surface area contributed by atoms with E-state index in [9.17, 15) is 0 Å². The Morgan fingerprint density at radius 3 is 2.39 bits per heavy atom. The van der Waals surface area contributed by atoms with Gasteiger partial charge in [-0.3, -0.25) is 5.10 Å². The van der Waals surface area contributed by atoms with Crippen LogP contribution in [0.2, 0.25) is 0 Å². The Balaban J connectivity index is 1.50. The first-order chi connectivity index (χ1) is 8.79. The van der Waals surface area contributed by atoms with E-state index in [1.54, 1.807) is 0 Å². The van der Waals surface area contributed by atoms with Crippen molar-refractivity contribution in [2.75, 3.05) is 0 Å². The third-order valence-electron chi connectivity index (χ3n) is 5.81. The van der Waals surface area contributed by atoms with Crippen molar-refractivity contribution < 1.29 is 0 Å². The second-order valence-corrected chi connectivity index (χ2v) is 6.96. The van der Waals surface area contributed by atoms with E-state index in [0.29, 0.717) is 6.04 Å². The van der Waals surface area contributed by atoms with Crippen molar-refractivity contribution in [1.82, 2.24) is 10.2 Å². The maximum absolute atomic E-state index is 6.54. The van der Waals surface area contributed by atoms with Crippen molar-refractivity contribution in [3.63, 3.8) is 0 Å². The number of aromatic nitrogens is 2. The van der Waals surface area contributed by atoms with Gasteiger partial charge in [-0.15, -0.1) is 0 Å². The van der Waals surface area contributed by atoms with E-state index < -0.39 is 0 Å². The van der Waals surface area contributed by atoms with Crippen LogP contribution in [0.1, 0.15) is 37.8 Å². The molecule has 0 radical (unpaired) electrons. The summed E-state index contributed by atoms with van der Waals surface area (Å²) in [6.45, 7) is 0. The van der Waals surface area contributed by atoms with Crippen LogP contribution in [-0.2, 0) is 6.42 Å². The van der Waals surface area contributed by atoms with Crippen molar-refractivity contribution in [2.24, 2.45) is 35.3 Å². The fourth-order valence-corrected chi connectivity index (χ4v) is 5.45. The molecule has 0 spiro atoms. The minimum atomic E-state index is 0.334. The average molecular weight is 245 g/mol. The van der Waals surface area contributed by atoms with E-state index >= 15 is 0 Å². The molecule has 0 amide bonds. The van der Waals surface area contributed by atoms with Crippen LogP contribution in [0, 0.1) is 29.6 Å². The molecule has 0 saturated heterocycles. The lowest BCUT2D eigenvalue weighted by atomic mass is 9.50. The van der Waals surface area contributed by atoms with Gasteiger partial charge in [-0.1, -0.05) is 0 Å². The molecule has 3 N–H and O–H groups in total. The highest BCUT2D eigenvalue weighted by Crippen LogP contribution is 2.57. The molecule has 4 bridgehead atoms. The second-order valence-electron chi connectivity index (χ2n) is 6.96. The van der Waals surface area contributed by atoms with Gasteiger partial charge in [-0.05, 0) is 67.8 Å². The molecule has 1 atom stereocenters. The van der Waals surface area contributed by atoms with E-state index in [1.165, 1.54) is 37.8 Å². The van der Waals surface area contributed by atoms with Gasteiger partial charge in [0.25, 0.3) is 0 Å². The highest BCUT2D eigenvalue weighted by atomic mass is 15.1. The summed E-state index contributed by atoms with van der Waals surface area (Å²) >= 11 is 0. The quantitative estimate of drug-likeness (QED) is 0.859. The molecule has 4 aliphatic carbocycles. The number of nitrogens with zero attached hydrogens (tertiary/aromatic N) is 1. The van der Waals surface area contributed by atoms with Gasteiger partial charge in [0.15, 0.2) is 0 Å². The van der Waals surface area contributed by atoms with Crippen LogP contribution in [0.15, 0.2) is 12.3 Å². The van der Waals surface area contributed by atoms with Crippen LogP contribution in [0.25, 0.3) is 0 Å². The standard InChI is InChI=1S/C15H23N3/c16-14(8-13-1-2-17-18-13)15-11-4-9-3-10(6-11)7-12(15)5-9/h1-2,9-12,14-15H,3-8,16H2,(H,17,18). The van der Waals surface area contributed by atoms with Gasteiger partial charge >= 0.3 is 0 Å². The first-order valence-corrected chi connectivity index (χ1v) is 7.53. The Kier molecular flexibility index (Phi) is 2.51. The summed E-state index contributed by atoms with van der Waals surface area (Å²) in [6, 6.07) is 2.40. The highest BCUT2D eigenvalue weighted by molar-refractivity contribution is 5.06. The summed E-state index contributed by atoms with van der Waals surface area (Å²) in [6.07, 6.45) is 10.2. The Morgan fingerprint density at radius 1 is 1.17 bits per heavy atom. The zero-order valence-electron chi connectivity index (χ0n) is 10.9. The number of rotatable bonds is 3. The zero-order valence-corrected chi connectivity index (χ0v) is 10.9. The molecular weight excluding hydrogens is 222 g/mol. The first kappa shape index (κ1) is 11.0. The van der Waals surface area contributed by atoms with Crippen LogP contribution in [0.3, 0.4) is 0 Å². The van der Waals surface area contributed by atoms with E-state index in [1.807, 2.05) is 6.20 Å². The van der Waals surface area contributed by atoms with E-state index in [0.717, 1.165) is 36.0 Å². The molecule has 5 rings (SSSR count). The summed E-state index contributed by atoms with van der Waals surface area (Å²) in [7, 11) is 0. The average Bonchev–Trinajstić information content (AvgIpc) is 2.80. The fraction of sp³-hybridized carbons (Fsp3) is 0.800. The largest absolute Gasteiger partial charge is 0.327 e. The Labute approximate surface area is 109 Å². The molecule has 1 heterocycles. The summed E-state index contributed by atoms with van der Waals surface area (Å²) in [4.78, 5) is 0. The topological polar surface area (TPSA) is 54.7 Å². The van der Waals surface area contributed by atoms with Gasteiger partial charge in [0.2, 0.25) is 0 Å². The molecule has 1 unspecified atom stereocenters. The normalized spacial score (nSPS) is 43.3. The number of H-pyrrole nitrogens is 1. The third-order valence-corrected chi connectivity index (χ3v) is 5.81. The lowest BCUT2D eigenvalue weighted by molar-refractivity contribution is -0.0465. The van der Waals surface area contributed by atoms with E-state index in [2.05, 4.69) is 16.3 Å². The molecule has 1 aromatic rings. The van der Waals surface area contributed by atoms with Gasteiger partial charge in [-0.2, -0.15) is 5.10 Å². The molecule has 4 fully saturated rings. The van der Waals surface area contributed by atoms with Crippen molar-refractivity contribution >= 4 is 0 Å². The molecule has 4 saturated carbocycles. The van der Waals surface area contributed by atoms with Crippen LogP contribution in [-0.4, -0.2) is 16.2 Å².